The summed E-state index contributed by atoms with van der Waals surface area (Å²) in [5.74, 6) is -1.11. The molecule has 2 saturated heterocycles. The lowest BCUT2D eigenvalue weighted by Crippen LogP contribution is -2.44. The fourth-order valence-electron chi connectivity index (χ4n) is 5.75. The maximum absolute atomic E-state index is 13.2. The average Bonchev–Trinajstić information content (AvgIpc) is 3.49. The molecule has 3 heterocycles. The van der Waals surface area contributed by atoms with Crippen LogP contribution in [0.25, 0.3) is 0 Å². The number of aryl methyl sites for hydroxylation is 2. The third kappa shape index (κ3) is 5.34. The summed E-state index contributed by atoms with van der Waals surface area (Å²) in [5, 5.41) is 3.63. The minimum Gasteiger partial charge on any atom is -0.462 e. The van der Waals surface area contributed by atoms with Gasteiger partial charge in [0.15, 0.2) is 0 Å². The van der Waals surface area contributed by atoms with Gasteiger partial charge >= 0.3 is 5.97 Å². The highest BCUT2D eigenvalue weighted by atomic mass is 32.1. The predicted octanol–water partition coefficient (Wildman–Crippen LogP) is 4.34. The highest BCUT2D eigenvalue weighted by molar-refractivity contribution is 7.17. The Kier molecular flexibility index (Phi) is 7.83. The molecule has 0 radical (unpaired) electrons. The Hall–Kier alpha value is -3.20. The van der Waals surface area contributed by atoms with E-state index in [0.29, 0.717) is 49.6 Å². The molecule has 2 fully saturated rings. The second-order valence-corrected chi connectivity index (χ2v) is 11.6. The number of esters is 1. The Balaban J connectivity index is 1.18. The minimum absolute atomic E-state index is 0.0117. The van der Waals surface area contributed by atoms with Crippen LogP contribution in [0.4, 0.5) is 10.7 Å². The van der Waals surface area contributed by atoms with Crippen LogP contribution in [0.5, 0.6) is 0 Å². The van der Waals surface area contributed by atoms with E-state index in [-0.39, 0.29) is 41.9 Å². The zero-order chi connectivity index (χ0) is 26.8. The van der Waals surface area contributed by atoms with Crippen LogP contribution in [0, 0.1) is 18.8 Å². The topological polar surface area (TPSA) is 96.0 Å². The summed E-state index contributed by atoms with van der Waals surface area (Å²) in [4.78, 5) is 56.4. The van der Waals surface area contributed by atoms with Gasteiger partial charge in [0.25, 0.3) is 0 Å². The van der Waals surface area contributed by atoms with Gasteiger partial charge in [-0.2, -0.15) is 0 Å². The Labute approximate surface area is 227 Å². The summed E-state index contributed by atoms with van der Waals surface area (Å²) in [6.07, 6.45) is 5.21. The minimum atomic E-state index is -0.367. The Morgan fingerprint density at radius 3 is 2.47 bits per heavy atom. The largest absolute Gasteiger partial charge is 0.462 e. The van der Waals surface area contributed by atoms with Crippen LogP contribution in [0.3, 0.4) is 0 Å². The monoisotopic (exact) mass is 537 g/mol. The number of hydrogen-bond donors (Lipinski definition) is 1. The number of thiophene rings is 1. The maximum Gasteiger partial charge on any atom is 0.341 e. The van der Waals surface area contributed by atoms with Gasteiger partial charge in [-0.3, -0.25) is 14.4 Å². The van der Waals surface area contributed by atoms with Crippen molar-refractivity contribution in [3.63, 3.8) is 0 Å². The van der Waals surface area contributed by atoms with E-state index < -0.39 is 0 Å². The number of fused-ring (bicyclic) bond motifs is 1. The number of piperidine rings is 1. The van der Waals surface area contributed by atoms with Crippen molar-refractivity contribution in [3.05, 3.63) is 45.8 Å². The summed E-state index contributed by atoms with van der Waals surface area (Å²) in [5.41, 5.74) is 3.50. The van der Waals surface area contributed by atoms with Gasteiger partial charge in [-0.05, 0) is 70.1 Å². The molecular weight excluding hydrogens is 502 g/mol. The van der Waals surface area contributed by atoms with Gasteiger partial charge in [-0.15, -0.1) is 11.3 Å². The summed E-state index contributed by atoms with van der Waals surface area (Å²) < 4.78 is 5.30. The third-order valence-corrected chi connectivity index (χ3v) is 9.09. The number of anilines is 2. The second-order valence-electron chi connectivity index (χ2n) is 10.5. The van der Waals surface area contributed by atoms with E-state index in [4.69, 9.17) is 4.74 Å². The lowest BCUT2D eigenvalue weighted by atomic mass is 9.94. The molecule has 5 rings (SSSR count). The average molecular weight is 538 g/mol. The van der Waals surface area contributed by atoms with Crippen LogP contribution in [0.1, 0.15) is 65.4 Å². The Bertz CT molecular complexity index is 1230. The molecule has 1 aromatic heterocycles. The van der Waals surface area contributed by atoms with E-state index in [1.54, 1.807) is 16.7 Å². The van der Waals surface area contributed by atoms with Gasteiger partial charge in [0.05, 0.1) is 18.1 Å². The number of ether oxygens (including phenoxy) is 1. The number of carbonyl (C=O) groups is 4. The van der Waals surface area contributed by atoms with Crippen molar-refractivity contribution in [2.75, 3.05) is 36.5 Å². The highest BCUT2D eigenvalue weighted by Gasteiger charge is 2.39. The van der Waals surface area contributed by atoms with Crippen molar-refractivity contribution in [2.45, 2.75) is 58.8 Å². The number of amides is 3. The van der Waals surface area contributed by atoms with Crippen LogP contribution in [-0.2, 0) is 32.0 Å². The molecule has 1 unspecified atom stereocenters. The molecular formula is C29H35N3O5S. The summed E-state index contributed by atoms with van der Waals surface area (Å²) in [7, 11) is 0. The third-order valence-electron chi connectivity index (χ3n) is 7.88. The number of carbonyl (C=O) groups excluding carboxylic acids is 4. The molecule has 3 amide bonds. The fourth-order valence-corrected chi connectivity index (χ4v) is 7.03. The highest BCUT2D eigenvalue weighted by Crippen LogP contribution is 2.39. The van der Waals surface area contributed by atoms with E-state index in [0.717, 1.165) is 42.5 Å². The number of hydrogen-bond acceptors (Lipinski definition) is 6. The van der Waals surface area contributed by atoms with Crippen LogP contribution in [-0.4, -0.2) is 54.8 Å². The van der Waals surface area contributed by atoms with Crippen molar-refractivity contribution in [1.82, 2.24) is 4.90 Å². The van der Waals surface area contributed by atoms with Gasteiger partial charge in [0.2, 0.25) is 17.7 Å². The zero-order valence-corrected chi connectivity index (χ0v) is 22.9. The van der Waals surface area contributed by atoms with Crippen LogP contribution in [0.2, 0.25) is 0 Å². The number of nitrogens with zero attached hydrogens (tertiary/aromatic N) is 2. The first-order chi connectivity index (χ1) is 18.4. The zero-order valence-electron chi connectivity index (χ0n) is 22.1. The van der Waals surface area contributed by atoms with E-state index in [9.17, 15) is 19.2 Å². The Morgan fingerprint density at radius 1 is 1.05 bits per heavy atom. The molecule has 38 heavy (non-hydrogen) atoms. The van der Waals surface area contributed by atoms with Gasteiger partial charge in [-0.1, -0.05) is 17.7 Å². The number of benzene rings is 1. The molecule has 1 atom stereocenters. The van der Waals surface area contributed by atoms with E-state index in [1.807, 2.05) is 31.2 Å². The van der Waals surface area contributed by atoms with Crippen molar-refractivity contribution in [2.24, 2.45) is 11.8 Å². The Morgan fingerprint density at radius 2 is 1.76 bits per heavy atom. The molecule has 1 aromatic carbocycles. The van der Waals surface area contributed by atoms with Gasteiger partial charge in [0.1, 0.15) is 5.00 Å². The van der Waals surface area contributed by atoms with Crippen molar-refractivity contribution in [3.8, 4) is 0 Å². The lowest BCUT2D eigenvalue weighted by molar-refractivity contribution is -0.138. The molecule has 1 aliphatic carbocycles. The number of rotatable bonds is 6. The smallest absolute Gasteiger partial charge is 0.341 e. The molecule has 8 nitrogen and oxygen atoms in total. The standard InChI is InChI=1S/C29H35N3O5S/c1-3-37-29(36)25-22-6-4-5-7-23(22)38-27(25)30-26(34)19-12-14-31(15-13-19)28(35)20-16-24(33)32(17-20)21-10-8-18(2)9-11-21/h8-11,19-20H,3-7,12-17H2,1-2H3,(H,30,34). The van der Waals surface area contributed by atoms with Crippen molar-refractivity contribution in [1.29, 1.82) is 0 Å². The summed E-state index contributed by atoms with van der Waals surface area (Å²) in [6, 6.07) is 7.77. The molecule has 0 bridgehead atoms. The predicted molar refractivity (Wildman–Crippen MR) is 146 cm³/mol. The van der Waals surface area contributed by atoms with Gasteiger partial charge < -0.3 is 19.9 Å². The van der Waals surface area contributed by atoms with Crippen LogP contribution in [0.15, 0.2) is 24.3 Å². The first kappa shape index (κ1) is 26.4. The van der Waals surface area contributed by atoms with E-state index >= 15 is 0 Å². The first-order valence-corrected chi connectivity index (χ1v) is 14.5. The lowest BCUT2D eigenvalue weighted by Gasteiger charge is -2.32. The van der Waals surface area contributed by atoms with Crippen molar-refractivity contribution >= 4 is 45.7 Å². The molecule has 202 valence electrons. The van der Waals surface area contributed by atoms with E-state index in [2.05, 4.69) is 5.32 Å². The molecule has 3 aliphatic rings. The van der Waals surface area contributed by atoms with E-state index in [1.165, 1.54) is 16.2 Å². The molecule has 9 heteroatoms. The molecule has 0 spiro atoms. The molecule has 2 aliphatic heterocycles. The normalized spacial score (nSPS) is 19.8. The number of nitrogens with one attached hydrogen (secondary N) is 1. The summed E-state index contributed by atoms with van der Waals surface area (Å²) in [6.45, 7) is 5.43. The second kappa shape index (κ2) is 11.3. The summed E-state index contributed by atoms with van der Waals surface area (Å²) >= 11 is 1.50. The molecule has 0 saturated carbocycles. The number of likely N-dealkylation sites (tertiary alicyclic amines) is 1. The molecule has 2 aromatic rings. The molecule has 1 N–H and O–H groups in total. The maximum atomic E-state index is 13.2. The van der Waals surface area contributed by atoms with Crippen molar-refractivity contribution < 1.29 is 23.9 Å². The van der Waals surface area contributed by atoms with Gasteiger partial charge in [0, 0.05) is 42.5 Å². The van der Waals surface area contributed by atoms with Crippen LogP contribution < -0.4 is 10.2 Å². The quantitative estimate of drug-likeness (QED) is 0.553. The van der Waals surface area contributed by atoms with Gasteiger partial charge in [-0.25, -0.2) is 4.79 Å². The SMILES string of the molecule is CCOC(=O)c1c(NC(=O)C2CCN(C(=O)C3CC(=O)N(c4ccc(C)cc4)C3)CC2)sc2c1CCCC2. The first-order valence-electron chi connectivity index (χ1n) is 13.6. The fraction of sp³-hybridized carbons (Fsp3) is 0.517. The van der Waals surface area contributed by atoms with Crippen LogP contribution >= 0.6 is 11.3 Å².